The fourth-order valence-electron chi connectivity index (χ4n) is 2.42. The molecule has 0 unspecified atom stereocenters. The van der Waals surface area contributed by atoms with Crippen LogP contribution >= 0.6 is 12.2 Å². The second kappa shape index (κ2) is 6.98. The number of carboxylic acid groups (broad SMARTS) is 1. The lowest BCUT2D eigenvalue weighted by Gasteiger charge is -2.28. The van der Waals surface area contributed by atoms with Gasteiger partial charge in [-0.2, -0.15) is 0 Å². The number of halogens is 5. The van der Waals surface area contributed by atoms with Crippen LogP contribution in [0.3, 0.4) is 0 Å². The van der Waals surface area contributed by atoms with Crippen molar-refractivity contribution in [2.75, 3.05) is 11.9 Å². The van der Waals surface area contributed by atoms with Crippen molar-refractivity contribution < 1.29 is 41.1 Å². The molecule has 13 heteroatoms. The molecule has 1 aliphatic rings. The summed E-state index contributed by atoms with van der Waals surface area (Å²) in [7, 11) is 0. The zero-order valence-electron chi connectivity index (χ0n) is 13.0. The largest absolute Gasteiger partial charge is 0.512 e. The first-order valence-electron chi connectivity index (χ1n) is 7.16. The minimum Gasteiger partial charge on any atom is -0.449 e. The first kappa shape index (κ1) is 18.8. The fraction of sp³-hybridized carbons (Fsp3) is 0.214. The van der Waals surface area contributed by atoms with Gasteiger partial charge in [0.2, 0.25) is 5.82 Å². The molecule has 0 saturated heterocycles. The van der Waals surface area contributed by atoms with Crippen molar-refractivity contribution >= 4 is 29.2 Å². The Bertz CT molecular complexity index is 922. The lowest BCUT2D eigenvalue weighted by atomic mass is 10.1. The Morgan fingerprint density at radius 1 is 1.15 bits per heavy atom. The molecule has 144 valence electrons. The Labute approximate surface area is 152 Å². The fourth-order valence-corrected chi connectivity index (χ4v) is 2.68. The molecule has 0 amide bonds. The van der Waals surface area contributed by atoms with E-state index in [1.165, 1.54) is 4.90 Å². The van der Waals surface area contributed by atoms with Crippen LogP contribution in [0.25, 0.3) is 0 Å². The van der Waals surface area contributed by atoms with Crippen molar-refractivity contribution in [2.45, 2.75) is 13.0 Å². The SMILES string of the molecule is O=C(O)Oc1noc2c1CN(C(=S)Nc1c(F)c(F)c(F)c(F)c1F)CC2. The van der Waals surface area contributed by atoms with Crippen molar-refractivity contribution in [3.63, 3.8) is 0 Å². The molecule has 0 saturated carbocycles. The molecule has 0 bridgehead atoms. The molecule has 1 aliphatic heterocycles. The van der Waals surface area contributed by atoms with Crippen LogP contribution in [-0.2, 0) is 13.0 Å². The van der Waals surface area contributed by atoms with E-state index in [2.05, 4.69) is 9.89 Å². The topological polar surface area (TPSA) is 87.8 Å². The Balaban J connectivity index is 1.83. The van der Waals surface area contributed by atoms with E-state index in [1.54, 1.807) is 0 Å². The number of benzene rings is 1. The lowest BCUT2D eigenvalue weighted by Crippen LogP contribution is -2.39. The van der Waals surface area contributed by atoms with Gasteiger partial charge in [0.25, 0.3) is 5.88 Å². The molecule has 3 rings (SSSR count). The van der Waals surface area contributed by atoms with Crippen LogP contribution in [0.1, 0.15) is 11.3 Å². The van der Waals surface area contributed by atoms with E-state index in [0.717, 1.165) is 0 Å². The van der Waals surface area contributed by atoms with E-state index in [4.69, 9.17) is 21.8 Å². The summed E-state index contributed by atoms with van der Waals surface area (Å²) in [5.41, 5.74) is -1.07. The van der Waals surface area contributed by atoms with E-state index in [1.807, 2.05) is 5.32 Å². The summed E-state index contributed by atoms with van der Waals surface area (Å²) in [5.74, 6) is -10.7. The van der Waals surface area contributed by atoms with Crippen molar-refractivity contribution in [2.24, 2.45) is 0 Å². The van der Waals surface area contributed by atoms with Crippen molar-refractivity contribution in [1.82, 2.24) is 10.1 Å². The van der Waals surface area contributed by atoms with E-state index in [0.29, 0.717) is 5.76 Å². The highest BCUT2D eigenvalue weighted by Gasteiger charge is 2.30. The van der Waals surface area contributed by atoms with Crippen LogP contribution in [0.5, 0.6) is 5.88 Å². The Kier molecular flexibility index (Phi) is 4.87. The number of nitrogens with one attached hydrogen (secondary N) is 1. The molecule has 2 heterocycles. The maximum Gasteiger partial charge on any atom is 0.512 e. The number of aromatic nitrogens is 1. The van der Waals surface area contributed by atoms with Crippen LogP contribution in [-0.4, -0.2) is 33.0 Å². The number of thiocarbonyl (C=S) groups is 1. The van der Waals surface area contributed by atoms with Crippen LogP contribution in [0, 0.1) is 29.1 Å². The summed E-state index contributed by atoms with van der Waals surface area (Å²) in [6, 6.07) is 0. The van der Waals surface area contributed by atoms with Crippen molar-refractivity contribution in [1.29, 1.82) is 0 Å². The molecule has 0 fully saturated rings. The zero-order valence-corrected chi connectivity index (χ0v) is 13.8. The second-order valence-electron chi connectivity index (χ2n) is 5.30. The van der Waals surface area contributed by atoms with Crippen molar-refractivity contribution in [3.05, 3.63) is 40.4 Å². The summed E-state index contributed by atoms with van der Waals surface area (Å²) in [6.07, 6.45) is -1.45. The van der Waals surface area contributed by atoms with Gasteiger partial charge in [0.15, 0.2) is 28.4 Å². The smallest absolute Gasteiger partial charge is 0.449 e. The third kappa shape index (κ3) is 3.37. The third-order valence-corrected chi connectivity index (χ3v) is 4.06. The molecule has 1 aromatic carbocycles. The minimum atomic E-state index is -2.29. The van der Waals surface area contributed by atoms with E-state index in [9.17, 15) is 26.7 Å². The number of hydrogen-bond donors (Lipinski definition) is 2. The standard InChI is InChI=1S/C14H8F5N3O4S/c15-6-7(16)9(18)11(10(19)8(6)17)20-13(27)22-2-1-5-4(3-22)12(21-26-5)25-14(23)24/h1-3H2,(H,20,27)(H,23,24). The van der Waals surface area contributed by atoms with E-state index < -0.39 is 40.9 Å². The van der Waals surface area contributed by atoms with Gasteiger partial charge in [-0.3, -0.25) is 0 Å². The summed E-state index contributed by atoms with van der Waals surface area (Å²) in [4.78, 5) is 11.9. The molecule has 27 heavy (non-hydrogen) atoms. The van der Waals surface area contributed by atoms with Gasteiger partial charge in [0.05, 0.1) is 12.1 Å². The molecule has 0 radical (unpaired) electrons. The first-order valence-corrected chi connectivity index (χ1v) is 7.57. The molecular weight excluding hydrogens is 401 g/mol. The first-order chi connectivity index (χ1) is 12.7. The van der Waals surface area contributed by atoms with Gasteiger partial charge in [-0.05, 0) is 17.4 Å². The predicted molar refractivity (Wildman–Crippen MR) is 81.7 cm³/mol. The summed E-state index contributed by atoms with van der Waals surface area (Å²) < 4.78 is 76.5. The number of nitrogens with zero attached hydrogens (tertiary/aromatic N) is 2. The molecule has 0 spiro atoms. The summed E-state index contributed by atoms with van der Waals surface area (Å²) in [5, 5.41) is 13.7. The van der Waals surface area contributed by atoms with Gasteiger partial charge in [-0.25, -0.2) is 26.7 Å². The lowest BCUT2D eigenvalue weighted by molar-refractivity contribution is 0.140. The molecule has 0 atom stereocenters. The van der Waals surface area contributed by atoms with Gasteiger partial charge in [-0.15, -0.1) is 0 Å². The molecule has 0 aliphatic carbocycles. The Morgan fingerprint density at radius 2 is 1.74 bits per heavy atom. The van der Waals surface area contributed by atoms with Crippen LogP contribution < -0.4 is 10.1 Å². The summed E-state index contributed by atoms with van der Waals surface area (Å²) in [6.45, 7) is 0.0264. The Morgan fingerprint density at radius 3 is 2.33 bits per heavy atom. The molecule has 1 aromatic heterocycles. The van der Waals surface area contributed by atoms with E-state index >= 15 is 0 Å². The normalized spacial score (nSPS) is 13.3. The molecule has 7 nitrogen and oxygen atoms in total. The number of hydrogen-bond acceptors (Lipinski definition) is 5. The second-order valence-corrected chi connectivity index (χ2v) is 5.69. The molecular formula is C14H8F5N3O4S. The highest BCUT2D eigenvalue weighted by atomic mass is 32.1. The average molecular weight is 409 g/mol. The number of rotatable bonds is 2. The zero-order chi connectivity index (χ0) is 19.9. The van der Waals surface area contributed by atoms with Gasteiger partial charge >= 0.3 is 6.16 Å². The molecule has 2 N–H and O–H groups in total. The average Bonchev–Trinajstić information content (AvgIpc) is 3.03. The highest BCUT2D eigenvalue weighted by Crippen LogP contribution is 2.30. The summed E-state index contributed by atoms with van der Waals surface area (Å²) >= 11 is 4.96. The van der Waals surface area contributed by atoms with Crippen molar-refractivity contribution in [3.8, 4) is 5.88 Å². The maximum atomic E-state index is 13.8. The number of ether oxygens (including phenoxy) is 1. The Hall–Kier alpha value is -2.96. The quantitative estimate of drug-likeness (QED) is 0.257. The predicted octanol–water partition coefficient (Wildman–Crippen LogP) is 3.18. The highest BCUT2D eigenvalue weighted by molar-refractivity contribution is 7.80. The number of carbonyl (C=O) groups is 1. The van der Waals surface area contributed by atoms with Crippen LogP contribution in [0.15, 0.2) is 4.52 Å². The monoisotopic (exact) mass is 409 g/mol. The van der Waals surface area contributed by atoms with Crippen LogP contribution in [0.4, 0.5) is 32.4 Å². The number of anilines is 1. The maximum absolute atomic E-state index is 13.8. The van der Waals surface area contributed by atoms with Crippen LogP contribution in [0.2, 0.25) is 0 Å². The molecule has 2 aromatic rings. The third-order valence-electron chi connectivity index (χ3n) is 3.70. The van der Waals surface area contributed by atoms with Gasteiger partial charge < -0.3 is 24.6 Å². The van der Waals surface area contributed by atoms with Gasteiger partial charge in [-0.1, -0.05) is 0 Å². The van der Waals surface area contributed by atoms with Gasteiger partial charge in [0.1, 0.15) is 11.4 Å². The van der Waals surface area contributed by atoms with E-state index in [-0.39, 0.29) is 36.1 Å². The number of fused-ring (bicyclic) bond motifs is 1. The van der Waals surface area contributed by atoms with Gasteiger partial charge in [0, 0.05) is 13.0 Å². The minimum absolute atomic E-state index is 0.122.